The highest BCUT2D eigenvalue weighted by Crippen LogP contribution is 2.24. The van der Waals surface area contributed by atoms with Crippen LogP contribution < -0.4 is 10.6 Å². The summed E-state index contributed by atoms with van der Waals surface area (Å²) in [6.45, 7) is 6.68. The normalized spacial score (nSPS) is 12.0. The number of nitrogens with one attached hydrogen (secondary N) is 2. The number of carbonyl (C=O) groups excluding carboxylic acids is 2. The minimum Gasteiger partial charge on any atom is -0.348 e. The van der Waals surface area contributed by atoms with E-state index in [1.54, 1.807) is 11.3 Å². The standard InChI is InChI=1S/C16H22N4O2S/c1-4-7-17-15(21)16(22)18-10-13(14-6-5-8-23-14)20-12(3)9-11(2)19-20/h5-6,8-9,13H,4,7,10H2,1-3H3,(H,17,21)(H,18,22). The summed E-state index contributed by atoms with van der Waals surface area (Å²) in [6, 6.07) is 5.85. The molecule has 2 amide bonds. The molecule has 0 aliphatic heterocycles. The average Bonchev–Trinajstić information content (AvgIpc) is 3.15. The number of carbonyl (C=O) groups is 2. The Morgan fingerprint density at radius 2 is 2.04 bits per heavy atom. The number of thiophene rings is 1. The van der Waals surface area contributed by atoms with E-state index in [4.69, 9.17) is 0 Å². The smallest absolute Gasteiger partial charge is 0.309 e. The van der Waals surface area contributed by atoms with E-state index in [2.05, 4.69) is 15.7 Å². The summed E-state index contributed by atoms with van der Waals surface area (Å²) < 4.78 is 1.89. The molecule has 2 rings (SSSR count). The molecule has 0 bridgehead atoms. The number of amides is 2. The quantitative estimate of drug-likeness (QED) is 0.791. The Balaban J connectivity index is 2.09. The minimum absolute atomic E-state index is 0.119. The van der Waals surface area contributed by atoms with Gasteiger partial charge in [0.1, 0.15) is 6.04 Å². The van der Waals surface area contributed by atoms with Crippen molar-refractivity contribution < 1.29 is 9.59 Å². The summed E-state index contributed by atoms with van der Waals surface area (Å²) in [5.74, 6) is -1.20. The fraction of sp³-hybridized carbons (Fsp3) is 0.438. The molecule has 0 fully saturated rings. The molecule has 124 valence electrons. The van der Waals surface area contributed by atoms with Crippen molar-refractivity contribution >= 4 is 23.2 Å². The van der Waals surface area contributed by atoms with E-state index >= 15 is 0 Å². The topological polar surface area (TPSA) is 76.0 Å². The van der Waals surface area contributed by atoms with Gasteiger partial charge in [-0.05, 0) is 37.8 Å². The lowest BCUT2D eigenvalue weighted by Gasteiger charge is -2.18. The van der Waals surface area contributed by atoms with Crippen molar-refractivity contribution in [3.05, 3.63) is 39.8 Å². The Labute approximate surface area is 139 Å². The summed E-state index contributed by atoms with van der Waals surface area (Å²) in [6.07, 6.45) is 0.794. The Kier molecular flexibility index (Phi) is 5.92. The first-order chi connectivity index (χ1) is 11.0. The van der Waals surface area contributed by atoms with Crippen LogP contribution in [0.1, 0.15) is 35.7 Å². The molecule has 1 unspecified atom stereocenters. The van der Waals surface area contributed by atoms with Crippen LogP contribution in [0.15, 0.2) is 23.6 Å². The number of rotatable bonds is 6. The number of aromatic nitrogens is 2. The maximum absolute atomic E-state index is 11.9. The molecule has 0 aliphatic carbocycles. The van der Waals surface area contributed by atoms with Gasteiger partial charge in [-0.1, -0.05) is 13.0 Å². The maximum Gasteiger partial charge on any atom is 0.309 e. The summed E-state index contributed by atoms with van der Waals surface area (Å²) >= 11 is 1.61. The molecule has 2 aromatic rings. The van der Waals surface area contributed by atoms with Gasteiger partial charge in [0, 0.05) is 23.7 Å². The van der Waals surface area contributed by atoms with Gasteiger partial charge in [0.15, 0.2) is 0 Å². The molecular weight excluding hydrogens is 312 g/mol. The number of hydrogen-bond donors (Lipinski definition) is 2. The van der Waals surface area contributed by atoms with Gasteiger partial charge in [0.25, 0.3) is 0 Å². The molecule has 0 saturated carbocycles. The Hall–Kier alpha value is -2.15. The van der Waals surface area contributed by atoms with Crippen LogP contribution in [0.2, 0.25) is 0 Å². The zero-order valence-electron chi connectivity index (χ0n) is 13.6. The molecule has 0 aromatic carbocycles. The predicted octanol–water partition coefficient (Wildman–Crippen LogP) is 1.79. The monoisotopic (exact) mass is 334 g/mol. The van der Waals surface area contributed by atoms with Crippen LogP contribution in [0.5, 0.6) is 0 Å². The van der Waals surface area contributed by atoms with E-state index in [9.17, 15) is 9.59 Å². The van der Waals surface area contributed by atoms with E-state index < -0.39 is 11.8 Å². The highest BCUT2D eigenvalue weighted by Gasteiger charge is 2.21. The van der Waals surface area contributed by atoms with E-state index in [0.717, 1.165) is 22.7 Å². The SMILES string of the molecule is CCCNC(=O)C(=O)NCC(c1cccs1)n1nc(C)cc1C. The Morgan fingerprint density at radius 1 is 1.30 bits per heavy atom. The van der Waals surface area contributed by atoms with Crippen molar-refractivity contribution in [1.82, 2.24) is 20.4 Å². The number of hydrogen-bond acceptors (Lipinski definition) is 4. The summed E-state index contributed by atoms with van der Waals surface area (Å²) in [5.41, 5.74) is 1.95. The second-order valence-electron chi connectivity index (χ2n) is 5.37. The van der Waals surface area contributed by atoms with Gasteiger partial charge in [0.2, 0.25) is 0 Å². The Bertz CT molecular complexity index is 664. The number of aryl methyl sites for hydroxylation is 2. The first kappa shape index (κ1) is 17.2. The molecule has 0 spiro atoms. The van der Waals surface area contributed by atoms with Gasteiger partial charge in [-0.15, -0.1) is 11.3 Å². The number of nitrogens with zero attached hydrogens (tertiary/aromatic N) is 2. The van der Waals surface area contributed by atoms with Gasteiger partial charge < -0.3 is 10.6 Å². The zero-order valence-corrected chi connectivity index (χ0v) is 14.4. The predicted molar refractivity (Wildman–Crippen MR) is 90.5 cm³/mol. The third-order valence-electron chi connectivity index (χ3n) is 3.41. The van der Waals surface area contributed by atoms with Crippen LogP contribution in [-0.2, 0) is 9.59 Å². The molecule has 0 saturated heterocycles. The third-order valence-corrected chi connectivity index (χ3v) is 4.38. The van der Waals surface area contributed by atoms with Crippen LogP contribution in [-0.4, -0.2) is 34.7 Å². The lowest BCUT2D eigenvalue weighted by molar-refractivity contribution is -0.139. The second-order valence-corrected chi connectivity index (χ2v) is 6.35. The highest BCUT2D eigenvalue weighted by molar-refractivity contribution is 7.10. The van der Waals surface area contributed by atoms with Crippen molar-refractivity contribution in [3.63, 3.8) is 0 Å². The highest BCUT2D eigenvalue weighted by atomic mass is 32.1. The molecule has 1 atom stereocenters. The van der Waals surface area contributed by atoms with Gasteiger partial charge >= 0.3 is 11.8 Å². The van der Waals surface area contributed by atoms with E-state index in [1.165, 1.54) is 0 Å². The Morgan fingerprint density at radius 3 is 2.61 bits per heavy atom. The molecular formula is C16H22N4O2S. The summed E-state index contributed by atoms with van der Waals surface area (Å²) in [4.78, 5) is 24.6. The fourth-order valence-electron chi connectivity index (χ4n) is 2.34. The minimum atomic E-state index is -0.610. The van der Waals surface area contributed by atoms with E-state index in [0.29, 0.717) is 13.1 Å². The average molecular weight is 334 g/mol. The molecule has 0 aliphatic rings. The van der Waals surface area contributed by atoms with E-state index in [-0.39, 0.29) is 6.04 Å². The second kappa shape index (κ2) is 7.92. The lowest BCUT2D eigenvalue weighted by Crippen LogP contribution is -2.42. The van der Waals surface area contributed by atoms with Gasteiger partial charge in [-0.25, -0.2) is 0 Å². The molecule has 2 N–H and O–H groups in total. The van der Waals surface area contributed by atoms with Crippen molar-refractivity contribution in [3.8, 4) is 0 Å². The summed E-state index contributed by atoms with van der Waals surface area (Å²) in [7, 11) is 0. The summed E-state index contributed by atoms with van der Waals surface area (Å²) in [5, 5.41) is 11.8. The maximum atomic E-state index is 11.9. The lowest BCUT2D eigenvalue weighted by atomic mass is 10.2. The van der Waals surface area contributed by atoms with Crippen LogP contribution in [0, 0.1) is 13.8 Å². The van der Waals surface area contributed by atoms with Crippen LogP contribution in [0.25, 0.3) is 0 Å². The largest absolute Gasteiger partial charge is 0.348 e. The fourth-order valence-corrected chi connectivity index (χ4v) is 3.15. The molecule has 6 nitrogen and oxygen atoms in total. The molecule has 23 heavy (non-hydrogen) atoms. The first-order valence-corrected chi connectivity index (χ1v) is 8.53. The van der Waals surface area contributed by atoms with Gasteiger partial charge in [-0.3, -0.25) is 14.3 Å². The van der Waals surface area contributed by atoms with Gasteiger partial charge in [-0.2, -0.15) is 5.10 Å². The molecule has 2 aromatic heterocycles. The van der Waals surface area contributed by atoms with Crippen LogP contribution in [0.3, 0.4) is 0 Å². The van der Waals surface area contributed by atoms with E-state index in [1.807, 2.05) is 49.0 Å². The zero-order chi connectivity index (χ0) is 16.8. The van der Waals surface area contributed by atoms with Crippen molar-refractivity contribution in [2.24, 2.45) is 0 Å². The van der Waals surface area contributed by atoms with Crippen molar-refractivity contribution in [2.45, 2.75) is 33.2 Å². The molecule has 0 radical (unpaired) electrons. The van der Waals surface area contributed by atoms with Gasteiger partial charge in [0.05, 0.1) is 5.69 Å². The molecule has 2 heterocycles. The third kappa shape index (κ3) is 4.41. The first-order valence-electron chi connectivity index (χ1n) is 7.65. The van der Waals surface area contributed by atoms with Crippen LogP contribution >= 0.6 is 11.3 Å². The van der Waals surface area contributed by atoms with Crippen molar-refractivity contribution in [2.75, 3.05) is 13.1 Å². The van der Waals surface area contributed by atoms with Crippen molar-refractivity contribution in [1.29, 1.82) is 0 Å². The molecule has 7 heteroatoms. The van der Waals surface area contributed by atoms with Crippen LogP contribution in [0.4, 0.5) is 0 Å².